The molecule has 0 aliphatic heterocycles. The minimum atomic E-state index is -2.85. The zero-order valence-electron chi connectivity index (χ0n) is 4.27. The lowest BCUT2D eigenvalue weighted by atomic mass is 10.3. The molecule has 0 radical (unpaired) electrons. The van der Waals surface area contributed by atoms with Gasteiger partial charge in [0.05, 0.1) is 0 Å². The van der Waals surface area contributed by atoms with Crippen molar-refractivity contribution >= 4 is 0 Å². The predicted octanol–water partition coefficient (Wildman–Crippen LogP) is -1.50. The monoisotopic (exact) mass is 124 g/mol. The molecule has 0 saturated heterocycles. The van der Waals surface area contributed by atoms with Gasteiger partial charge in [-0.25, -0.2) is 5.26 Å². The molecule has 0 aliphatic rings. The summed E-state index contributed by atoms with van der Waals surface area (Å²) in [5, 5.41) is 32.4. The summed E-state index contributed by atoms with van der Waals surface area (Å²) in [6.45, 7) is 1.05. The highest BCUT2D eigenvalue weighted by Crippen LogP contribution is 2.04. The molecule has 4 N–H and O–H groups in total. The second-order valence-corrected chi connectivity index (χ2v) is 1.43. The van der Waals surface area contributed by atoms with Crippen LogP contribution in [0.1, 0.15) is 6.92 Å². The molecule has 1 atom stereocenters. The third kappa shape index (κ3) is 1.73. The van der Waals surface area contributed by atoms with Gasteiger partial charge in [-0.15, -0.1) is 0 Å². The van der Waals surface area contributed by atoms with E-state index in [2.05, 4.69) is 4.89 Å². The van der Waals surface area contributed by atoms with Crippen LogP contribution in [-0.2, 0) is 4.89 Å². The molecule has 0 spiro atoms. The lowest BCUT2D eigenvalue weighted by molar-refractivity contribution is -0.489. The standard InChI is InChI=1S/C3H8O5/c1-2(4)3(5,6)8-7/h2,4-7H,1H3. The first-order valence-corrected chi connectivity index (χ1v) is 1.96. The molecular formula is C3H8O5. The fourth-order valence-corrected chi connectivity index (χ4v) is 0.0763. The minimum Gasteiger partial charge on any atom is -0.385 e. The molecule has 0 saturated carbocycles. The van der Waals surface area contributed by atoms with Crippen molar-refractivity contribution in [1.29, 1.82) is 0 Å². The lowest BCUT2D eigenvalue weighted by Gasteiger charge is -2.18. The van der Waals surface area contributed by atoms with Gasteiger partial charge in [-0.2, -0.15) is 4.89 Å². The Labute approximate surface area is 45.7 Å². The first-order chi connectivity index (χ1) is 3.50. The Bertz CT molecular complexity index is 68.1. The van der Waals surface area contributed by atoms with E-state index in [9.17, 15) is 0 Å². The molecule has 5 heteroatoms. The van der Waals surface area contributed by atoms with Crippen LogP contribution >= 0.6 is 0 Å². The van der Waals surface area contributed by atoms with Crippen LogP contribution in [-0.4, -0.2) is 32.7 Å². The van der Waals surface area contributed by atoms with Crippen molar-refractivity contribution in [3.8, 4) is 0 Å². The molecule has 5 nitrogen and oxygen atoms in total. The van der Waals surface area contributed by atoms with E-state index in [1.54, 1.807) is 0 Å². The summed E-state index contributed by atoms with van der Waals surface area (Å²) in [4.78, 5) is 3.06. The molecule has 0 bridgehead atoms. The summed E-state index contributed by atoms with van der Waals surface area (Å²) in [6.07, 6.45) is -1.55. The molecule has 8 heavy (non-hydrogen) atoms. The summed E-state index contributed by atoms with van der Waals surface area (Å²) in [7, 11) is 0. The van der Waals surface area contributed by atoms with E-state index < -0.39 is 12.1 Å². The summed E-state index contributed by atoms with van der Waals surface area (Å²) < 4.78 is 0. The number of hydrogen-bond acceptors (Lipinski definition) is 5. The summed E-state index contributed by atoms with van der Waals surface area (Å²) in [5.41, 5.74) is 0. The van der Waals surface area contributed by atoms with Crippen LogP contribution < -0.4 is 0 Å². The molecule has 0 amide bonds. The lowest BCUT2D eigenvalue weighted by Crippen LogP contribution is -2.42. The van der Waals surface area contributed by atoms with Gasteiger partial charge in [-0.1, -0.05) is 0 Å². The first kappa shape index (κ1) is 7.80. The van der Waals surface area contributed by atoms with E-state index in [0.29, 0.717) is 0 Å². The second-order valence-electron chi connectivity index (χ2n) is 1.43. The topological polar surface area (TPSA) is 90.2 Å². The van der Waals surface area contributed by atoms with E-state index in [0.717, 1.165) is 6.92 Å². The van der Waals surface area contributed by atoms with Crippen molar-refractivity contribution in [1.82, 2.24) is 0 Å². The molecule has 0 rings (SSSR count). The molecule has 0 aromatic rings. The molecule has 0 aromatic carbocycles. The van der Waals surface area contributed by atoms with Gasteiger partial charge < -0.3 is 15.3 Å². The van der Waals surface area contributed by atoms with E-state index >= 15 is 0 Å². The van der Waals surface area contributed by atoms with Gasteiger partial charge in [-0.3, -0.25) is 0 Å². The van der Waals surface area contributed by atoms with Gasteiger partial charge in [0.15, 0.2) is 0 Å². The largest absolute Gasteiger partial charge is 0.385 e. The average Bonchev–Trinajstić information content (AvgIpc) is 1.67. The van der Waals surface area contributed by atoms with Crippen LogP contribution in [0.25, 0.3) is 0 Å². The quantitative estimate of drug-likeness (QED) is 0.204. The van der Waals surface area contributed by atoms with E-state index in [4.69, 9.17) is 20.6 Å². The van der Waals surface area contributed by atoms with Gasteiger partial charge in [0.1, 0.15) is 6.10 Å². The van der Waals surface area contributed by atoms with Crippen LogP contribution in [0.4, 0.5) is 0 Å². The number of aliphatic hydroxyl groups is 3. The van der Waals surface area contributed by atoms with Crippen LogP contribution in [0, 0.1) is 0 Å². The SMILES string of the molecule is CC(O)C(O)(O)OO. The Morgan fingerprint density at radius 2 is 1.88 bits per heavy atom. The van der Waals surface area contributed by atoms with Crippen LogP contribution in [0.5, 0.6) is 0 Å². The maximum atomic E-state index is 8.30. The third-order valence-corrected chi connectivity index (χ3v) is 0.679. The zero-order valence-corrected chi connectivity index (χ0v) is 4.27. The van der Waals surface area contributed by atoms with Crippen molar-refractivity contribution in [2.45, 2.75) is 19.0 Å². The normalized spacial score (nSPS) is 16.1. The van der Waals surface area contributed by atoms with Crippen molar-refractivity contribution in [2.24, 2.45) is 0 Å². The Balaban J connectivity index is 3.71. The number of hydrogen-bond donors (Lipinski definition) is 4. The molecule has 0 fully saturated rings. The van der Waals surface area contributed by atoms with Crippen LogP contribution in [0.2, 0.25) is 0 Å². The molecule has 50 valence electrons. The molecule has 1 unspecified atom stereocenters. The fourth-order valence-electron chi connectivity index (χ4n) is 0.0763. The summed E-state index contributed by atoms with van der Waals surface area (Å²) in [5.74, 6) is -2.85. The number of aliphatic hydroxyl groups excluding tert-OH is 1. The van der Waals surface area contributed by atoms with E-state index in [1.807, 2.05) is 0 Å². The van der Waals surface area contributed by atoms with Crippen LogP contribution in [0.3, 0.4) is 0 Å². The molecule has 0 aromatic heterocycles. The number of rotatable bonds is 2. The third-order valence-electron chi connectivity index (χ3n) is 0.679. The summed E-state index contributed by atoms with van der Waals surface area (Å²) in [6, 6.07) is 0. The molecule has 0 aliphatic carbocycles. The Hall–Kier alpha value is -0.200. The van der Waals surface area contributed by atoms with E-state index in [-0.39, 0.29) is 0 Å². The minimum absolute atomic E-state index is 1.05. The van der Waals surface area contributed by atoms with Gasteiger partial charge in [-0.05, 0) is 6.92 Å². The first-order valence-electron chi connectivity index (χ1n) is 1.96. The smallest absolute Gasteiger partial charge is 0.333 e. The predicted molar refractivity (Wildman–Crippen MR) is 22.6 cm³/mol. The van der Waals surface area contributed by atoms with Crippen molar-refractivity contribution < 1.29 is 25.5 Å². The highest BCUT2D eigenvalue weighted by atomic mass is 17.2. The second kappa shape index (κ2) is 2.38. The van der Waals surface area contributed by atoms with E-state index in [1.165, 1.54) is 0 Å². The van der Waals surface area contributed by atoms with Crippen LogP contribution in [0.15, 0.2) is 0 Å². The maximum absolute atomic E-state index is 8.30. The van der Waals surface area contributed by atoms with Gasteiger partial charge >= 0.3 is 5.97 Å². The van der Waals surface area contributed by atoms with Crippen molar-refractivity contribution in [3.05, 3.63) is 0 Å². The Kier molecular flexibility index (Phi) is 2.32. The maximum Gasteiger partial charge on any atom is 0.333 e. The van der Waals surface area contributed by atoms with Crippen molar-refractivity contribution in [3.63, 3.8) is 0 Å². The van der Waals surface area contributed by atoms with Gasteiger partial charge in [0.25, 0.3) is 0 Å². The Morgan fingerprint density at radius 3 is 1.88 bits per heavy atom. The Morgan fingerprint density at radius 1 is 1.50 bits per heavy atom. The van der Waals surface area contributed by atoms with Gasteiger partial charge in [0.2, 0.25) is 0 Å². The average molecular weight is 124 g/mol. The highest BCUT2D eigenvalue weighted by molar-refractivity contribution is 4.54. The fraction of sp³-hybridized carbons (Fsp3) is 1.00. The van der Waals surface area contributed by atoms with Crippen molar-refractivity contribution in [2.75, 3.05) is 0 Å². The molecular weight excluding hydrogens is 116 g/mol. The highest BCUT2D eigenvalue weighted by Gasteiger charge is 2.31. The molecule has 0 heterocycles. The zero-order chi connectivity index (χ0) is 6.78. The summed E-state index contributed by atoms with van der Waals surface area (Å²) >= 11 is 0. The van der Waals surface area contributed by atoms with Gasteiger partial charge in [0, 0.05) is 0 Å².